The molecule has 0 bridgehead atoms. The van der Waals surface area contributed by atoms with Crippen LogP contribution in [0, 0.1) is 11.8 Å². The van der Waals surface area contributed by atoms with Crippen molar-refractivity contribution in [3.05, 3.63) is 69.7 Å². The minimum Gasteiger partial charge on any atom is -0.292 e. The second kappa shape index (κ2) is 11.5. The second-order valence-electron chi connectivity index (χ2n) is 8.73. The van der Waals surface area contributed by atoms with E-state index >= 15 is 0 Å². The molecular formula is C25H21Br2Cl3N2O4. The highest BCUT2D eigenvalue weighted by Gasteiger charge is 2.56. The molecule has 2 aromatic carbocycles. The Labute approximate surface area is 240 Å². The molecule has 1 aliphatic carbocycles. The zero-order chi connectivity index (χ0) is 26.1. The van der Waals surface area contributed by atoms with Gasteiger partial charge in [0, 0.05) is 36.7 Å². The molecule has 3 amide bonds. The maximum absolute atomic E-state index is 13.9. The summed E-state index contributed by atoms with van der Waals surface area (Å²) in [7, 11) is 0. The largest absolute Gasteiger partial charge is 0.292 e. The van der Waals surface area contributed by atoms with E-state index in [0.717, 1.165) is 10.0 Å². The van der Waals surface area contributed by atoms with Crippen molar-refractivity contribution in [2.75, 3.05) is 5.88 Å². The number of ketones is 1. The van der Waals surface area contributed by atoms with Crippen LogP contribution in [0.3, 0.4) is 0 Å². The van der Waals surface area contributed by atoms with Gasteiger partial charge in [0.25, 0.3) is 17.7 Å². The van der Waals surface area contributed by atoms with Gasteiger partial charge in [0.2, 0.25) is 0 Å². The molecule has 5 atom stereocenters. The summed E-state index contributed by atoms with van der Waals surface area (Å²) in [4.78, 5) is 54.8. The van der Waals surface area contributed by atoms with Gasteiger partial charge in [0.1, 0.15) is 6.04 Å². The summed E-state index contributed by atoms with van der Waals surface area (Å²) in [5.41, 5.74) is 0.455. The lowest BCUT2D eigenvalue weighted by molar-refractivity contribution is -0.156. The third-order valence-electron chi connectivity index (χ3n) is 6.51. The molecule has 0 unspecified atom stereocenters. The molecule has 0 radical (unpaired) electrons. The molecule has 1 saturated carbocycles. The van der Waals surface area contributed by atoms with Crippen molar-refractivity contribution in [3.63, 3.8) is 0 Å². The van der Waals surface area contributed by atoms with Crippen LogP contribution in [0.25, 0.3) is 0 Å². The van der Waals surface area contributed by atoms with Gasteiger partial charge in [-0.25, -0.2) is 5.01 Å². The lowest BCUT2D eigenvalue weighted by atomic mass is 9.81. The third-order valence-corrected chi connectivity index (χ3v) is 9.97. The molecule has 2 aliphatic rings. The van der Waals surface area contributed by atoms with Crippen molar-refractivity contribution < 1.29 is 19.2 Å². The van der Waals surface area contributed by atoms with Crippen LogP contribution in [0.2, 0.25) is 10.0 Å². The van der Waals surface area contributed by atoms with E-state index in [1.165, 1.54) is 36.4 Å². The van der Waals surface area contributed by atoms with E-state index in [-0.39, 0.29) is 33.1 Å². The minimum absolute atomic E-state index is 0.00907. The number of hydrogen-bond acceptors (Lipinski definition) is 4. The Morgan fingerprint density at radius 1 is 0.861 bits per heavy atom. The number of Topliss-reactive ketones (excluding diaryl/α,β-unsaturated/α-hetero) is 1. The first kappa shape index (κ1) is 27.6. The van der Waals surface area contributed by atoms with Crippen LogP contribution in [0.4, 0.5) is 0 Å². The molecule has 190 valence electrons. The summed E-state index contributed by atoms with van der Waals surface area (Å²) in [6, 6.07) is 11.0. The molecule has 4 rings (SSSR count). The van der Waals surface area contributed by atoms with Crippen molar-refractivity contribution in [2.24, 2.45) is 11.8 Å². The van der Waals surface area contributed by atoms with Gasteiger partial charge >= 0.3 is 0 Å². The summed E-state index contributed by atoms with van der Waals surface area (Å²) in [6.45, 7) is 0. The number of hydrazine groups is 1. The number of carbonyl (C=O) groups excluding carboxylic acids is 4. The van der Waals surface area contributed by atoms with Crippen LogP contribution in [-0.4, -0.2) is 55.1 Å². The molecular weight excluding hydrogens is 658 g/mol. The predicted octanol–water partition coefficient (Wildman–Crippen LogP) is 6.15. The van der Waals surface area contributed by atoms with Gasteiger partial charge in [-0.3, -0.25) is 19.2 Å². The van der Waals surface area contributed by atoms with Gasteiger partial charge in [-0.2, -0.15) is 5.01 Å². The molecule has 2 fully saturated rings. The fourth-order valence-electron chi connectivity index (χ4n) is 4.66. The van der Waals surface area contributed by atoms with Crippen molar-refractivity contribution in [1.29, 1.82) is 0 Å². The number of halogens is 5. The fraction of sp³-hybridized carbons (Fsp3) is 0.360. The minimum atomic E-state index is -1.19. The van der Waals surface area contributed by atoms with Gasteiger partial charge in [0.05, 0.1) is 11.8 Å². The standard InChI is InChI=1S/C25H21Br2Cl3N2O4/c26-19-11-17-18(12-20(19)27)25(36)32(24(17)35)31(23(34)14-3-7-16(30)8-4-14)21(9-10-28)22(33)13-1-5-15(29)6-2-13/h1-8,17-21H,9-12H2/t17-,18+,19-,20-,21-/m0/s1. The van der Waals surface area contributed by atoms with Gasteiger partial charge in [-0.15, -0.1) is 11.6 Å². The Bertz CT molecular complexity index is 1150. The number of nitrogens with zero attached hydrogens (tertiary/aromatic N) is 2. The van der Waals surface area contributed by atoms with Gasteiger partial charge < -0.3 is 0 Å². The van der Waals surface area contributed by atoms with E-state index in [1.54, 1.807) is 12.1 Å². The average molecular weight is 680 g/mol. The number of imide groups is 1. The van der Waals surface area contributed by atoms with E-state index in [2.05, 4.69) is 31.9 Å². The highest BCUT2D eigenvalue weighted by molar-refractivity contribution is 9.12. The second-order valence-corrected chi connectivity index (χ2v) is 12.3. The third kappa shape index (κ3) is 5.39. The number of hydrogen-bond donors (Lipinski definition) is 0. The number of rotatable bonds is 7. The topological polar surface area (TPSA) is 74.8 Å². The summed E-state index contributed by atoms with van der Waals surface area (Å²) in [6.07, 6.45) is 0.878. The van der Waals surface area contributed by atoms with Crippen LogP contribution in [0.5, 0.6) is 0 Å². The SMILES string of the molecule is O=C(c1ccc(Cl)cc1)[C@H](CCCl)N(C(=O)c1ccc(Cl)cc1)N1C(=O)[C@H]2C[C@H](Br)[C@@H](Br)C[C@H]2C1=O. The Hall–Kier alpha value is -1.45. The number of carbonyl (C=O) groups is 4. The lowest BCUT2D eigenvalue weighted by Crippen LogP contribution is -2.57. The van der Waals surface area contributed by atoms with Crippen molar-refractivity contribution >= 4 is 90.2 Å². The monoisotopic (exact) mass is 676 g/mol. The number of amides is 3. The van der Waals surface area contributed by atoms with Crippen LogP contribution in [0.15, 0.2) is 48.5 Å². The molecule has 0 N–H and O–H groups in total. The van der Waals surface area contributed by atoms with E-state index in [1.807, 2.05) is 0 Å². The molecule has 6 nitrogen and oxygen atoms in total. The smallest absolute Gasteiger partial charge is 0.273 e. The molecule has 36 heavy (non-hydrogen) atoms. The quantitative estimate of drug-likeness (QED) is 0.200. The summed E-state index contributed by atoms with van der Waals surface area (Å²) in [5, 5.41) is 2.73. The number of benzene rings is 2. The van der Waals surface area contributed by atoms with Crippen molar-refractivity contribution in [2.45, 2.75) is 35.0 Å². The van der Waals surface area contributed by atoms with Crippen LogP contribution >= 0.6 is 66.7 Å². The predicted molar refractivity (Wildman–Crippen MR) is 146 cm³/mol. The molecule has 1 saturated heterocycles. The van der Waals surface area contributed by atoms with E-state index in [0.29, 0.717) is 22.9 Å². The summed E-state index contributed by atoms with van der Waals surface area (Å²) >= 11 is 25.2. The van der Waals surface area contributed by atoms with Gasteiger partial charge in [-0.05, 0) is 67.8 Å². The first-order valence-electron chi connectivity index (χ1n) is 11.2. The van der Waals surface area contributed by atoms with Crippen LogP contribution in [0.1, 0.15) is 40.0 Å². The normalized spacial score (nSPS) is 24.4. The Morgan fingerprint density at radius 3 is 1.75 bits per heavy atom. The summed E-state index contributed by atoms with van der Waals surface area (Å²) in [5.74, 6) is -3.31. The maximum Gasteiger partial charge on any atom is 0.273 e. The maximum atomic E-state index is 13.9. The zero-order valence-corrected chi connectivity index (χ0v) is 24.2. The lowest BCUT2D eigenvalue weighted by Gasteiger charge is -2.36. The molecule has 1 aliphatic heterocycles. The Morgan fingerprint density at radius 2 is 1.31 bits per heavy atom. The van der Waals surface area contributed by atoms with Gasteiger partial charge in [0.15, 0.2) is 5.78 Å². The molecule has 1 heterocycles. The van der Waals surface area contributed by atoms with Gasteiger partial charge in [-0.1, -0.05) is 55.1 Å². The average Bonchev–Trinajstić information content (AvgIpc) is 3.08. The van der Waals surface area contributed by atoms with E-state index < -0.39 is 41.4 Å². The van der Waals surface area contributed by atoms with Crippen LogP contribution < -0.4 is 0 Å². The fourth-order valence-corrected chi connectivity index (χ4v) is 6.36. The number of fused-ring (bicyclic) bond motifs is 1. The first-order chi connectivity index (χ1) is 17.1. The molecule has 0 aromatic heterocycles. The highest BCUT2D eigenvalue weighted by Crippen LogP contribution is 2.44. The van der Waals surface area contributed by atoms with Crippen molar-refractivity contribution in [1.82, 2.24) is 10.0 Å². The Kier molecular flexibility index (Phi) is 8.83. The first-order valence-corrected chi connectivity index (χ1v) is 14.4. The van der Waals surface area contributed by atoms with E-state index in [9.17, 15) is 19.2 Å². The molecule has 2 aromatic rings. The number of alkyl halides is 3. The summed E-state index contributed by atoms with van der Waals surface area (Å²) < 4.78 is 0. The highest BCUT2D eigenvalue weighted by atomic mass is 79.9. The van der Waals surface area contributed by atoms with Crippen molar-refractivity contribution in [3.8, 4) is 0 Å². The molecule has 0 spiro atoms. The Balaban J connectivity index is 1.80. The molecule has 11 heteroatoms. The zero-order valence-electron chi connectivity index (χ0n) is 18.8. The van der Waals surface area contributed by atoms with Crippen LogP contribution in [-0.2, 0) is 9.59 Å². The van der Waals surface area contributed by atoms with E-state index in [4.69, 9.17) is 34.8 Å².